The van der Waals surface area contributed by atoms with Gasteiger partial charge in [-0.3, -0.25) is 4.79 Å². The summed E-state index contributed by atoms with van der Waals surface area (Å²) in [5.74, 6) is -0.0202. The highest BCUT2D eigenvalue weighted by molar-refractivity contribution is 5.77. The third kappa shape index (κ3) is 3.64. The maximum absolute atomic E-state index is 11.0. The van der Waals surface area contributed by atoms with E-state index in [1.54, 1.807) is 0 Å². The molecule has 82 valence electrons. The van der Waals surface area contributed by atoms with Crippen LogP contribution in [-0.2, 0) is 9.53 Å². The lowest BCUT2D eigenvalue weighted by molar-refractivity contribution is -0.124. The average molecular weight is 200 g/mol. The number of amides is 1. The molecule has 1 amide bonds. The molecule has 14 heavy (non-hydrogen) atoms. The normalized spacial score (nSPS) is 22.6. The molecule has 1 saturated heterocycles. The number of nitrogens with zero attached hydrogens (tertiary/aromatic N) is 1. The van der Waals surface area contributed by atoms with Crippen molar-refractivity contribution in [2.45, 2.75) is 25.3 Å². The standard InChI is InChI=1S/C10H20N2O2/c1-12-7-3-4-9(12)5-6-11-10(13)8-14-2/h9H,3-8H2,1-2H3,(H,11,13). The average Bonchev–Trinajstić information content (AvgIpc) is 2.52. The molecule has 1 unspecified atom stereocenters. The van der Waals surface area contributed by atoms with Gasteiger partial charge in [0.2, 0.25) is 5.91 Å². The third-order valence-electron chi connectivity index (χ3n) is 2.75. The van der Waals surface area contributed by atoms with Gasteiger partial charge in [0.25, 0.3) is 0 Å². The number of ether oxygens (including phenoxy) is 1. The lowest BCUT2D eigenvalue weighted by Gasteiger charge is -2.19. The fourth-order valence-corrected chi connectivity index (χ4v) is 1.90. The molecule has 0 aromatic rings. The smallest absolute Gasteiger partial charge is 0.245 e. The predicted octanol–water partition coefficient (Wildman–Crippen LogP) is 0.233. The van der Waals surface area contributed by atoms with Crippen LogP contribution in [0, 0.1) is 0 Å². The Kier molecular flexibility index (Phi) is 4.90. The minimum absolute atomic E-state index is 0.0202. The Balaban J connectivity index is 2.06. The number of methoxy groups -OCH3 is 1. The molecule has 0 saturated carbocycles. The molecule has 0 aromatic carbocycles. The first-order valence-electron chi connectivity index (χ1n) is 5.20. The van der Waals surface area contributed by atoms with E-state index < -0.39 is 0 Å². The number of hydrogen-bond donors (Lipinski definition) is 1. The first-order chi connectivity index (χ1) is 6.74. The lowest BCUT2D eigenvalue weighted by Crippen LogP contribution is -2.33. The molecule has 4 heteroatoms. The topological polar surface area (TPSA) is 41.6 Å². The van der Waals surface area contributed by atoms with Crippen LogP contribution in [0.3, 0.4) is 0 Å². The molecule has 0 aliphatic carbocycles. The van der Waals surface area contributed by atoms with Crippen LogP contribution in [0.25, 0.3) is 0 Å². The van der Waals surface area contributed by atoms with Gasteiger partial charge in [-0.05, 0) is 32.9 Å². The fraction of sp³-hybridized carbons (Fsp3) is 0.900. The highest BCUT2D eigenvalue weighted by atomic mass is 16.5. The van der Waals surface area contributed by atoms with E-state index in [0.29, 0.717) is 6.04 Å². The Morgan fingerprint density at radius 2 is 2.43 bits per heavy atom. The highest BCUT2D eigenvalue weighted by Crippen LogP contribution is 2.16. The molecule has 0 bridgehead atoms. The van der Waals surface area contributed by atoms with Crippen LogP contribution in [0.2, 0.25) is 0 Å². The predicted molar refractivity (Wildman–Crippen MR) is 55.2 cm³/mol. The summed E-state index contributed by atoms with van der Waals surface area (Å²) < 4.78 is 4.72. The zero-order valence-corrected chi connectivity index (χ0v) is 9.08. The summed E-state index contributed by atoms with van der Waals surface area (Å²) in [5.41, 5.74) is 0. The van der Waals surface area contributed by atoms with E-state index in [0.717, 1.165) is 13.0 Å². The van der Waals surface area contributed by atoms with E-state index >= 15 is 0 Å². The van der Waals surface area contributed by atoms with Crippen LogP contribution in [0.15, 0.2) is 0 Å². The van der Waals surface area contributed by atoms with E-state index in [2.05, 4.69) is 17.3 Å². The Hall–Kier alpha value is -0.610. The molecule has 1 fully saturated rings. The summed E-state index contributed by atoms with van der Waals surface area (Å²) in [6, 6.07) is 0.651. The summed E-state index contributed by atoms with van der Waals surface area (Å²) in [5, 5.41) is 2.84. The van der Waals surface area contributed by atoms with Gasteiger partial charge in [-0.2, -0.15) is 0 Å². The lowest BCUT2D eigenvalue weighted by atomic mass is 10.1. The van der Waals surface area contributed by atoms with Gasteiger partial charge < -0.3 is 15.0 Å². The Labute approximate surface area is 85.6 Å². The summed E-state index contributed by atoms with van der Waals surface area (Å²) in [6.07, 6.45) is 3.59. The summed E-state index contributed by atoms with van der Waals surface area (Å²) in [6.45, 7) is 2.12. The fourth-order valence-electron chi connectivity index (χ4n) is 1.90. The SMILES string of the molecule is COCC(=O)NCCC1CCCN1C. The Morgan fingerprint density at radius 1 is 1.64 bits per heavy atom. The molecule has 4 nitrogen and oxygen atoms in total. The maximum atomic E-state index is 11.0. The van der Waals surface area contributed by atoms with Gasteiger partial charge in [0.05, 0.1) is 0 Å². The number of carbonyl (C=O) groups is 1. The minimum Gasteiger partial charge on any atom is -0.375 e. The van der Waals surface area contributed by atoms with Crippen molar-refractivity contribution in [3.05, 3.63) is 0 Å². The minimum atomic E-state index is -0.0202. The molecule has 1 aliphatic rings. The van der Waals surface area contributed by atoms with Crippen molar-refractivity contribution in [3.8, 4) is 0 Å². The molecule has 1 heterocycles. The quantitative estimate of drug-likeness (QED) is 0.691. The van der Waals surface area contributed by atoms with Crippen LogP contribution in [0.1, 0.15) is 19.3 Å². The van der Waals surface area contributed by atoms with E-state index in [1.807, 2.05) is 0 Å². The van der Waals surface area contributed by atoms with Gasteiger partial charge in [-0.15, -0.1) is 0 Å². The highest BCUT2D eigenvalue weighted by Gasteiger charge is 2.19. The number of nitrogens with one attached hydrogen (secondary N) is 1. The summed E-state index contributed by atoms with van der Waals surface area (Å²) >= 11 is 0. The van der Waals surface area contributed by atoms with Gasteiger partial charge in [0.15, 0.2) is 0 Å². The van der Waals surface area contributed by atoms with Crippen molar-refractivity contribution >= 4 is 5.91 Å². The second kappa shape index (κ2) is 5.98. The van der Waals surface area contributed by atoms with Gasteiger partial charge in [-0.1, -0.05) is 0 Å². The zero-order valence-electron chi connectivity index (χ0n) is 9.08. The number of likely N-dealkylation sites (tertiary alicyclic amines) is 1. The molecule has 1 rings (SSSR count). The van der Waals surface area contributed by atoms with Crippen molar-refractivity contribution in [1.29, 1.82) is 0 Å². The largest absolute Gasteiger partial charge is 0.375 e. The van der Waals surface area contributed by atoms with Crippen molar-refractivity contribution in [3.63, 3.8) is 0 Å². The first-order valence-corrected chi connectivity index (χ1v) is 5.20. The zero-order chi connectivity index (χ0) is 10.4. The molecule has 1 N–H and O–H groups in total. The molecule has 0 spiro atoms. The first kappa shape index (κ1) is 11.5. The third-order valence-corrected chi connectivity index (χ3v) is 2.75. The molecule has 1 aliphatic heterocycles. The Morgan fingerprint density at radius 3 is 3.00 bits per heavy atom. The van der Waals surface area contributed by atoms with Crippen molar-refractivity contribution < 1.29 is 9.53 Å². The van der Waals surface area contributed by atoms with Crippen molar-refractivity contribution in [2.24, 2.45) is 0 Å². The van der Waals surface area contributed by atoms with Gasteiger partial charge >= 0.3 is 0 Å². The molecule has 0 aromatic heterocycles. The van der Waals surface area contributed by atoms with E-state index in [9.17, 15) is 4.79 Å². The molecular weight excluding hydrogens is 180 g/mol. The van der Waals surface area contributed by atoms with Crippen molar-refractivity contribution in [1.82, 2.24) is 10.2 Å². The van der Waals surface area contributed by atoms with Crippen LogP contribution in [-0.4, -0.2) is 50.7 Å². The number of hydrogen-bond acceptors (Lipinski definition) is 3. The molecular formula is C10H20N2O2. The number of rotatable bonds is 5. The monoisotopic (exact) mass is 200 g/mol. The van der Waals surface area contributed by atoms with E-state index in [1.165, 1.54) is 26.5 Å². The second-order valence-electron chi connectivity index (χ2n) is 3.85. The van der Waals surface area contributed by atoms with Crippen LogP contribution in [0.4, 0.5) is 0 Å². The Bertz CT molecular complexity index is 185. The van der Waals surface area contributed by atoms with E-state index in [-0.39, 0.29) is 12.5 Å². The number of carbonyl (C=O) groups excluding carboxylic acids is 1. The van der Waals surface area contributed by atoms with Crippen molar-refractivity contribution in [2.75, 3.05) is 33.9 Å². The van der Waals surface area contributed by atoms with Crippen LogP contribution >= 0.6 is 0 Å². The van der Waals surface area contributed by atoms with Crippen LogP contribution < -0.4 is 5.32 Å². The van der Waals surface area contributed by atoms with Gasteiger partial charge in [0.1, 0.15) is 6.61 Å². The molecule has 0 radical (unpaired) electrons. The van der Waals surface area contributed by atoms with Gasteiger partial charge in [0, 0.05) is 19.7 Å². The summed E-state index contributed by atoms with van der Waals surface area (Å²) in [4.78, 5) is 13.4. The second-order valence-corrected chi connectivity index (χ2v) is 3.85. The van der Waals surface area contributed by atoms with Crippen LogP contribution in [0.5, 0.6) is 0 Å². The maximum Gasteiger partial charge on any atom is 0.245 e. The summed E-state index contributed by atoms with van der Waals surface area (Å²) in [7, 11) is 3.68. The van der Waals surface area contributed by atoms with E-state index in [4.69, 9.17) is 4.74 Å². The molecule has 1 atom stereocenters. The van der Waals surface area contributed by atoms with Gasteiger partial charge in [-0.25, -0.2) is 0 Å².